The summed E-state index contributed by atoms with van der Waals surface area (Å²) in [5, 5.41) is 10.6. The molecule has 0 bridgehead atoms. The zero-order chi connectivity index (χ0) is 14.7. The molecule has 0 saturated heterocycles. The van der Waals surface area contributed by atoms with E-state index < -0.39 is 6.10 Å². The van der Waals surface area contributed by atoms with Gasteiger partial charge in [-0.15, -0.1) is 0 Å². The normalized spacial score (nSPS) is 15.4. The smallest absolute Gasteiger partial charge is 0.124 e. The van der Waals surface area contributed by atoms with Crippen LogP contribution in [0.4, 0.5) is 5.69 Å². The first-order valence-corrected chi connectivity index (χ1v) is 7.43. The van der Waals surface area contributed by atoms with Crippen LogP contribution in [0.1, 0.15) is 23.7 Å². The number of fused-ring (bicyclic) bond motifs is 1. The zero-order valence-electron chi connectivity index (χ0n) is 12.3. The highest BCUT2D eigenvalue weighted by atomic mass is 16.5. The molecule has 0 spiro atoms. The minimum Gasteiger partial charge on any atom is -0.496 e. The average Bonchev–Trinajstić information content (AvgIpc) is 2.55. The maximum Gasteiger partial charge on any atom is 0.124 e. The molecule has 1 atom stereocenters. The van der Waals surface area contributed by atoms with Gasteiger partial charge in [0.05, 0.1) is 7.11 Å². The van der Waals surface area contributed by atoms with Crippen LogP contribution in [0, 0.1) is 0 Å². The summed E-state index contributed by atoms with van der Waals surface area (Å²) in [6, 6.07) is 16.1. The third-order valence-electron chi connectivity index (χ3n) is 4.10. The molecular formula is C18H21NO2. The van der Waals surface area contributed by atoms with Crippen LogP contribution in [0.3, 0.4) is 0 Å². The van der Waals surface area contributed by atoms with E-state index in [4.69, 9.17) is 4.74 Å². The molecule has 1 unspecified atom stereocenters. The number of anilines is 1. The predicted molar refractivity (Wildman–Crippen MR) is 84.9 cm³/mol. The topological polar surface area (TPSA) is 32.7 Å². The van der Waals surface area contributed by atoms with Gasteiger partial charge >= 0.3 is 0 Å². The lowest BCUT2D eigenvalue weighted by Gasteiger charge is -2.33. The minimum absolute atomic E-state index is 0.549. The second kappa shape index (κ2) is 6.19. The van der Waals surface area contributed by atoms with E-state index in [9.17, 15) is 5.11 Å². The van der Waals surface area contributed by atoms with E-state index in [0.717, 1.165) is 30.7 Å². The van der Waals surface area contributed by atoms with Crippen molar-refractivity contribution in [1.29, 1.82) is 0 Å². The van der Waals surface area contributed by atoms with Crippen molar-refractivity contribution in [2.24, 2.45) is 0 Å². The number of aliphatic hydroxyl groups is 1. The van der Waals surface area contributed by atoms with Gasteiger partial charge in [-0.1, -0.05) is 36.4 Å². The van der Waals surface area contributed by atoms with Crippen LogP contribution < -0.4 is 9.64 Å². The van der Waals surface area contributed by atoms with Gasteiger partial charge in [-0.25, -0.2) is 0 Å². The maximum atomic E-state index is 10.6. The molecule has 0 saturated carbocycles. The van der Waals surface area contributed by atoms with Crippen molar-refractivity contribution in [2.45, 2.75) is 18.9 Å². The van der Waals surface area contributed by atoms with Gasteiger partial charge < -0.3 is 14.7 Å². The Morgan fingerprint density at radius 1 is 1.14 bits per heavy atom. The second-order valence-corrected chi connectivity index (χ2v) is 5.44. The van der Waals surface area contributed by atoms with Crippen molar-refractivity contribution in [3.05, 3.63) is 59.7 Å². The molecule has 0 radical (unpaired) electrons. The van der Waals surface area contributed by atoms with Crippen LogP contribution in [-0.2, 0) is 6.42 Å². The van der Waals surface area contributed by atoms with Crippen molar-refractivity contribution in [3.8, 4) is 5.75 Å². The summed E-state index contributed by atoms with van der Waals surface area (Å²) in [6.07, 6.45) is 1.71. The molecule has 0 aliphatic carbocycles. The fourth-order valence-corrected chi connectivity index (χ4v) is 3.05. The SMILES string of the molecule is COc1ccccc1C(O)CN1CCCc2ccccc21. The molecule has 3 nitrogen and oxygen atoms in total. The van der Waals surface area contributed by atoms with Gasteiger partial charge in [0.25, 0.3) is 0 Å². The fraction of sp³-hybridized carbons (Fsp3) is 0.333. The van der Waals surface area contributed by atoms with Crippen LogP contribution >= 0.6 is 0 Å². The highest BCUT2D eigenvalue weighted by molar-refractivity contribution is 5.55. The molecule has 0 amide bonds. The number of aryl methyl sites for hydroxylation is 1. The molecule has 1 aliphatic rings. The van der Waals surface area contributed by atoms with Crippen LogP contribution in [0.15, 0.2) is 48.5 Å². The van der Waals surface area contributed by atoms with Gasteiger partial charge in [-0.05, 0) is 30.5 Å². The number of hydrogen-bond acceptors (Lipinski definition) is 3. The number of methoxy groups -OCH3 is 1. The molecule has 2 aromatic rings. The molecule has 2 aromatic carbocycles. The van der Waals surface area contributed by atoms with Crippen LogP contribution in [0.5, 0.6) is 5.75 Å². The maximum absolute atomic E-state index is 10.6. The van der Waals surface area contributed by atoms with Crippen molar-refractivity contribution in [2.75, 3.05) is 25.1 Å². The first-order valence-electron chi connectivity index (χ1n) is 7.43. The molecule has 0 aromatic heterocycles. The third kappa shape index (κ3) is 2.88. The lowest BCUT2D eigenvalue weighted by molar-refractivity contribution is 0.178. The Balaban J connectivity index is 1.81. The van der Waals surface area contributed by atoms with Gasteiger partial charge in [0, 0.05) is 24.3 Å². The van der Waals surface area contributed by atoms with E-state index in [2.05, 4.69) is 29.2 Å². The third-order valence-corrected chi connectivity index (χ3v) is 4.10. The number of aliphatic hydroxyl groups excluding tert-OH is 1. The Hall–Kier alpha value is -2.00. The summed E-state index contributed by atoms with van der Waals surface area (Å²) in [7, 11) is 1.64. The Morgan fingerprint density at radius 3 is 2.76 bits per heavy atom. The Labute approximate surface area is 125 Å². The lowest BCUT2D eigenvalue weighted by atomic mass is 10.0. The van der Waals surface area contributed by atoms with Crippen molar-refractivity contribution in [1.82, 2.24) is 0 Å². The van der Waals surface area contributed by atoms with Gasteiger partial charge in [-0.3, -0.25) is 0 Å². The van der Waals surface area contributed by atoms with Crippen LogP contribution in [-0.4, -0.2) is 25.3 Å². The standard InChI is InChI=1S/C18H21NO2/c1-21-18-11-5-3-9-15(18)17(20)13-19-12-6-8-14-7-2-4-10-16(14)19/h2-5,7,9-11,17,20H,6,8,12-13H2,1H3. The van der Waals surface area contributed by atoms with Gasteiger partial charge in [0.15, 0.2) is 0 Å². The average molecular weight is 283 g/mol. The summed E-state index contributed by atoms with van der Waals surface area (Å²) in [5.74, 6) is 0.746. The predicted octanol–water partition coefficient (Wildman–Crippen LogP) is 3.18. The largest absolute Gasteiger partial charge is 0.496 e. The molecule has 1 N–H and O–H groups in total. The summed E-state index contributed by atoms with van der Waals surface area (Å²) in [5.41, 5.74) is 3.47. The number of benzene rings is 2. The van der Waals surface area contributed by atoms with Crippen molar-refractivity contribution >= 4 is 5.69 Å². The van der Waals surface area contributed by atoms with E-state index >= 15 is 0 Å². The van der Waals surface area contributed by atoms with Crippen LogP contribution in [0.25, 0.3) is 0 Å². The van der Waals surface area contributed by atoms with Gasteiger partial charge in [-0.2, -0.15) is 0 Å². The fourth-order valence-electron chi connectivity index (χ4n) is 3.05. The first-order chi connectivity index (χ1) is 10.3. The minimum atomic E-state index is -0.549. The molecule has 3 heteroatoms. The van der Waals surface area contributed by atoms with Crippen molar-refractivity contribution < 1.29 is 9.84 Å². The molecule has 110 valence electrons. The number of β-amino-alcohol motifs (C(OH)–C–C–N with tert-alkyl or cyclic N) is 1. The highest BCUT2D eigenvalue weighted by Gasteiger charge is 2.21. The van der Waals surface area contributed by atoms with Crippen LogP contribution in [0.2, 0.25) is 0 Å². The van der Waals surface area contributed by atoms with Gasteiger partial charge in [0.2, 0.25) is 0 Å². The summed E-state index contributed by atoms with van der Waals surface area (Å²) in [6.45, 7) is 1.58. The van der Waals surface area contributed by atoms with Gasteiger partial charge in [0.1, 0.15) is 11.9 Å². The highest BCUT2D eigenvalue weighted by Crippen LogP contribution is 2.30. The van der Waals surface area contributed by atoms with E-state index in [1.807, 2.05) is 24.3 Å². The van der Waals surface area contributed by atoms with E-state index in [-0.39, 0.29) is 0 Å². The Kier molecular flexibility index (Phi) is 4.11. The molecule has 0 fully saturated rings. The Morgan fingerprint density at radius 2 is 1.90 bits per heavy atom. The number of ether oxygens (including phenoxy) is 1. The molecule has 3 rings (SSSR count). The Bertz CT molecular complexity index is 612. The summed E-state index contributed by atoms with van der Waals surface area (Å²) in [4.78, 5) is 2.27. The second-order valence-electron chi connectivity index (χ2n) is 5.44. The number of para-hydroxylation sites is 2. The number of hydrogen-bond donors (Lipinski definition) is 1. The van der Waals surface area contributed by atoms with Crippen molar-refractivity contribution in [3.63, 3.8) is 0 Å². The quantitative estimate of drug-likeness (QED) is 0.935. The van der Waals surface area contributed by atoms with E-state index in [1.54, 1.807) is 7.11 Å². The molecule has 1 aliphatic heterocycles. The van der Waals surface area contributed by atoms with E-state index in [1.165, 1.54) is 11.3 Å². The van der Waals surface area contributed by atoms with E-state index in [0.29, 0.717) is 6.54 Å². The summed E-state index contributed by atoms with van der Waals surface area (Å²) < 4.78 is 5.35. The molecular weight excluding hydrogens is 262 g/mol. The molecule has 1 heterocycles. The summed E-state index contributed by atoms with van der Waals surface area (Å²) >= 11 is 0. The number of rotatable bonds is 4. The number of nitrogens with zero attached hydrogens (tertiary/aromatic N) is 1. The molecule has 21 heavy (non-hydrogen) atoms. The monoisotopic (exact) mass is 283 g/mol. The lowest BCUT2D eigenvalue weighted by Crippen LogP contribution is -2.33. The first kappa shape index (κ1) is 14.0. The zero-order valence-corrected chi connectivity index (χ0v) is 12.3.